The van der Waals surface area contributed by atoms with Crippen LogP contribution in [0.2, 0.25) is 0 Å². The lowest BCUT2D eigenvalue weighted by atomic mass is 9.77. The van der Waals surface area contributed by atoms with Gasteiger partial charge in [-0.1, -0.05) is 40.5 Å². The standard InChI is InChI=1S/C21H33N3O4/c1-13(2)21(5,12-22)23-18(25)11-28-20(27)16-9-19(26)24(10-16)17-8-6-7-14(3)15(17)4/h13-17H,6-11H2,1-5H3,(H,23,25)/t14-,15+,16+,17-,21-/m0/s1. The van der Waals surface area contributed by atoms with Gasteiger partial charge in [0, 0.05) is 19.0 Å². The second-order valence-corrected chi connectivity index (χ2v) is 8.91. The van der Waals surface area contributed by atoms with E-state index in [9.17, 15) is 19.6 Å². The number of esters is 1. The van der Waals surface area contributed by atoms with Crippen molar-refractivity contribution in [2.24, 2.45) is 23.7 Å². The van der Waals surface area contributed by atoms with Gasteiger partial charge in [0.05, 0.1) is 12.0 Å². The Balaban J connectivity index is 1.88. The molecule has 5 atom stereocenters. The fourth-order valence-corrected chi connectivity index (χ4v) is 4.09. The molecule has 7 nitrogen and oxygen atoms in total. The summed E-state index contributed by atoms with van der Waals surface area (Å²) >= 11 is 0. The summed E-state index contributed by atoms with van der Waals surface area (Å²) in [6.07, 6.45) is 3.39. The predicted molar refractivity (Wildman–Crippen MR) is 104 cm³/mol. The van der Waals surface area contributed by atoms with E-state index >= 15 is 0 Å². The van der Waals surface area contributed by atoms with Crippen LogP contribution in [0.25, 0.3) is 0 Å². The molecule has 1 saturated heterocycles. The van der Waals surface area contributed by atoms with Crippen molar-refractivity contribution in [3.05, 3.63) is 0 Å². The van der Waals surface area contributed by atoms with Crippen molar-refractivity contribution in [2.75, 3.05) is 13.2 Å². The largest absolute Gasteiger partial charge is 0.455 e. The number of hydrogen-bond acceptors (Lipinski definition) is 5. The summed E-state index contributed by atoms with van der Waals surface area (Å²) in [6, 6.07) is 2.26. The fourth-order valence-electron chi connectivity index (χ4n) is 4.09. The highest BCUT2D eigenvalue weighted by molar-refractivity contribution is 5.88. The number of carbonyl (C=O) groups is 3. The van der Waals surface area contributed by atoms with Gasteiger partial charge >= 0.3 is 5.97 Å². The maximum atomic E-state index is 12.5. The molecule has 2 fully saturated rings. The zero-order valence-corrected chi connectivity index (χ0v) is 17.7. The number of likely N-dealkylation sites (tertiary alicyclic amines) is 1. The lowest BCUT2D eigenvalue weighted by molar-refractivity contribution is -0.152. The average Bonchev–Trinajstić information content (AvgIpc) is 3.03. The Kier molecular flexibility index (Phi) is 7.08. The molecule has 1 saturated carbocycles. The van der Waals surface area contributed by atoms with Gasteiger partial charge in [0.1, 0.15) is 5.54 Å². The summed E-state index contributed by atoms with van der Waals surface area (Å²) in [5.41, 5.74) is -1.02. The van der Waals surface area contributed by atoms with Crippen molar-refractivity contribution < 1.29 is 19.1 Å². The second kappa shape index (κ2) is 8.93. The van der Waals surface area contributed by atoms with Gasteiger partial charge in [-0.25, -0.2) is 0 Å². The first-order chi connectivity index (χ1) is 13.1. The Hall–Kier alpha value is -2.10. The van der Waals surface area contributed by atoms with E-state index in [0.717, 1.165) is 12.8 Å². The third kappa shape index (κ3) is 4.84. The van der Waals surface area contributed by atoms with Crippen LogP contribution in [0.5, 0.6) is 0 Å². The second-order valence-electron chi connectivity index (χ2n) is 8.91. The molecular formula is C21H33N3O4. The number of ether oxygens (including phenoxy) is 1. The molecule has 1 heterocycles. The van der Waals surface area contributed by atoms with Crippen LogP contribution in [-0.2, 0) is 19.1 Å². The molecule has 156 valence electrons. The number of carbonyl (C=O) groups excluding carboxylic acids is 3. The van der Waals surface area contributed by atoms with Crippen molar-refractivity contribution in [2.45, 2.75) is 71.9 Å². The van der Waals surface area contributed by atoms with E-state index in [4.69, 9.17) is 4.74 Å². The Bertz CT molecular complexity index is 657. The first-order valence-electron chi connectivity index (χ1n) is 10.3. The van der Waals surface area contributed by atoms with Crippen LogP contribution in [0.15, 0.2) is 0 Å². The number of hydrogen-bond donors (Lipinski definition) is 1. The molecule has 2 aliphatic rings. The zero-order chi connectivity index (χ0) is 21.1. The Morgan fingerprint density at radius 2 is 2.04 bits per heavy atom. The van der Waals surface area contributed by atoms with Crippen LogP contribution in [-0.4, -0.2) is 47.4 Å². The Labute approximate surface area is 167 Å². The third-order valence-corrected chi connectivity index (χ3v) is 6.69. The monoisotopic (exact) mass is 391 g/mol. The summed E-state index contributed by atoms with van der Waals surface area (Å²) < 4.78 is 5.15. The Morgan fingerprint density at radius 1 is 1.36 bits per heavy atom. The lowest BCUT2D eigenvalue weighted by Crippen LogP contribution is -2.50. The van der Waals surface area contributed by atoms with E-state index in [1.54, 1.807) is 6.92 Å². The van der Waals surface area contributed by atoms with Crippen molar-refractivity contribution >= 4 is 17.8 Å². The molecule has 0 aromatic carbocycles. The summed E-state index contributed by atoms with van der Waals surface area (Å²) in [6.45, 7) is 9.62. The topological polar surface area (TPSA) is 99.5 Å². The van der Waals surface area contributed by atoms with Crippen molar-refractivity contribution in [1.29, 1.82) is 5.26 Å². The number of amides is 2. The van der Waals surface area contributed by atoms with E-state index in [1.807, 2.05) is 18.7 Å². The Morgan fingerprint density at radius 3 is 2.64 bits per heavy atom. The van der Waals surface area contributed by atoms with E-state index in [-0.39, 0.29) is 24.3 Å². The highest BCUT2D eigenvalue weighted by Gasteiger charge is 2.42. The van der Waals surface area contributed by atoms with E-state index < -0.39 is 29.9 Å². The SMILES string of the molecule is CC(C)[C@](C)(C#N)NC(=O)COC(=O)[C@@H]1CC(=O)N([C@H]2CCC[C@H](C)[C@H]2C)C1. The number of nitrogens with zero attached hydrogens (tertiary/aromatic N) is 2. The zero-order valence-electron chi connectivity index (χ0n) is 17.7. The fraction of sp³-hybridized carbons (Fsp3) is 0.810. The molecule has 1 aliphatic heterocycles. The van der Waals surface area contributed by atoms with E-state index in [2.05, 4.69) is 25.2 Å². The van der Waals surface area contributed by atoms with E-state index in [0.29, 0.717) is 18.4 Å². The van der Waals surface area contributed by atoms with Crippen molar-refractivity contribution in [1.82, 2.24) is 10.2 Å². The smallest absolute Gasteiger partial charge is 0.311 e. The summed E-state index contributed by atoms with van der Waals surface area (Å²) in [5, 5.41) is 11.9. The molecule has 0 unspecified atom stereocenters. The molecule has 28 heavy (non-hydrogen) atoms. The summed E-state index contributed by atoms with van der Waals surface area (Å²) in [4.78, 5) is 38.8. The average molecular weight is 392 g/mol. The molecule has 7 heteroatoms. The van der Waals surface area contributed by atoms with Gasteiger partial charge in [-0.2, -0.15) is 5.26 Å². The van der Waals surface area contributed by atoms with Crippen LogP contribution in [0.3, 0.4) is 0 Å². The maximum absolute atomic E-state index is 12.5. The van der Waals surface area contributed by atoms with Crippen LogP contribution in [0, 0.1) is 35.0 Å². The van der Waals surface area contributed by atoms with Crippen molar-refractivity contribution in [3.8, 4) is 6.07 Å². The number of nitriles is 1. The highest BCUT2D eigenvalue weighted by atomic mass is 16.5. The van der Waals surface area contributed by atoms with Gasteiger partial charge in [-0.05, 0) is 31.1 Å². The first kappa shape index (κ1) is 22.2. The quantitative estimate of drug-likeness (QED) is 0.700. The van der Waals surface area contributed by atoms with Gasteiger partial charge < -0.3 is 15.0 Å². The third-order valence-electron chi connectivity index (χ3n) is 6.69. The maximum Gasteiger partial charge on any atom is 0.311 e. The molecule has 2 amide bonds. The predicted octanol–water partition coefficient (Wildman–Crippen LogP) is 2.26. The molecular weight excluding hydrogens is 358 g/mol. The molecule has 0 aromatic heterocycles. The molecule has 2 rings (SSSR count). The normalized spacial score (nSPS) is 29.9. The van der Waals surface area contributed by atoms with Gasteiger partial charge in [0.15, 0.2) is 6.61 Å². The lowest BCUT2D eigenvalue weighted by Gasteiger charge is -2.39. The van der Waals surface area contributed by atoms with Gasteiger partial charge in [0.2, 0.25) is 5.91 Å². The number of nitrogens with one attached hydrogen (secondary N) is 1. The van der Waals surface area contributed by atoms with Crippen molar-refractivity contribution in [3.63, 3.8) is 0 Å². The van der Waals surface area contributed by atoms with Crippen LogP contribution in [0.4, 0.5) is 0 Å². The molecule has 1 N–H and O–H groups in total. The number of rotatable bonds is 6. The highest BCUT2D eigenvalue weighted by Crippen LogP contribution is 2.35. The van der Waals surface area contributed by atoms with Gasteiger partial charge in [-0.15, -0.1) is 0 Å². The summed E-state index contributed by atoms with van der Waals surface area (Å²) in [7, 11) is 0. The molecule has 0 spiro atoms. The minimum atomic E-state index is -1.02. The molecule has 0 aromatic rings. The minimum absolute atomic E-state index is 0.00536. The van der Waals surface area contributed by atoms with Gasteiger partial charge in [-0.3, -0.25) is 14.4 Å². The summed E-state index contributed by atoms with van der Waals surface area (Å²) in [5.74, 6) is -0.674. The molecule has 0 radical (unpaired) electrons. The minimum Gasteiger partial charge on any atom is -0.455 e. The molecule has 1 aliphatic carbocycles. The van der Waals surface area contributed by atoms with E-state index in [1.165, 1.54) is 6.42 Å². The van der Waals surface area contributed by atoms with Crippen LogP contribution >= 0.6 is 0 Å². The van der Waals surface area contributed by atoms with Crippen LogP contribution < -0.4 is 5.32 Å². The first-order valence-corrected chi connectivity index (χ1v) is 10.3. The van der Waals surface area contributed by atoms with Crippen LogP contribution in [0.1, 0.15) is 60.3 Å². The van der Waals surface area contributed by atoms with Gasteiger partial charge in [0.25, 0.3) is 5.91 Å². The molecule has 0 bridgehead atoms.